The average Bonchev–Trinajstić information content (AvgIpc) is 2.38. The molecular formula is C14H22N4O2. The number of unbranched alkanes of at least 4 members (excludes halogenated alkanes) is 1. The van der Waals surface area contributed by atoms with Gasteiger partial charge < -0.3 is 16.8 Å². The third-order valence-electron chi connectivity index (χ3n) is 2.77. The maximum absolute atomic E-state index is 11.9. The summed E-state index contributed by atoms with van der Waals surface area (Å²) in [4.78, 5) is 24.6. The molecule has 110 valence electrons. The molecular weight excluding hydrogens is 256 g/mol. The number of anilines is 2. The summed E-state index contributed by atoms with van der Waals surface area (Å²) in [5, 5.41) is 2.76. The van der Waals surface area contributed by atoms with Gasteiger partial charge in [0.25, 0.3) is 0 Å². The second-order valence-corrected chi connectivity index (χ2v) is 4.70. The first-order chi connectivity index (χ1) is 9.51. The number of hydrogen-bond acceptors (Lipinski definition) is 4. The second kappa shape index (κ2) is 8.16. The van der Waals surface area contributed by atoms with Crippen LogP contribution >= 0.6 is 0 Å². The monoisotopic (exact) mass is 278 g/mol. The largest absolute Gasteiger partial charge is 0.399 e. The van der Waals surface area contributed by atoms with Crippen molar-refractivity contribution in [3.63, 3.8) is 0 Å². The Bertz CT molecular complexity index is 445. The molecule has 0 radical (unpaired) electrons. The van der Waals surface area contributed by atoms with Gasteiger partial charge in [-0.15, -0.1) is 0 Å². The van der Waals surface area contributed by atoms with Gasteiger partial charge in [-0.05, 0) is 37.2 Å². The fourth-order valence-corrected chi connectivity index (χ4v) is 1.79. The van der Waals surface area contributed by atoms with E-state index in [-0.39, 0.29) is 19.0 Å². The number of nitrogens with two attached hydrogens (primary N) is 2. The molecule has 0 fully saturated rings. The van der Waals surface area contributed by atoms with Gasteiger partial charge in [0, 0.05) is 11.4 Å². The Morgan fingerprint density at radius 2 is 1.85 bits per heavy atom. The van der Waals surface area contributed by atoms with Crippen molar-refractivity contribution in [1.82, 2.24) is 4.90 Å². The lowest BCUT2D eigenvalue weighted by atomic mass is 10.2. The van der Waals surface area contributed by atoms with E-state index in [4.69, 9.17) is 11.5 Å². The predicted molar refractivity (Wildman–Crippen MR) is 80.0 cm³/mol. The Balaban J connectivity index is 2.51. The third kappa shape index (κ3) is 6.19. The summed E-state index contributed by atoms with van der Waals surface area (Å²) < 4.78 is 0. The maximum atomic E-state index is 11.9. The highest BCUT2D eigenvalue weighted by atomic mass is 16.2. The van der Waals surface area contributed by atoms with Gasteiger partial charge >= 0.3 is 0 Å². The van der Waals surface area contributed by atoms with E-state index in [1.165, 1.54) is 0 Å². The third-order valence-corrected chi connectivity index (χ3v) is 2.77. The van der Waals surface area contributed by atoms with Crippen LogP contribution in [0.4, 0.5) is 11.4 Å². The molecule has 2 amide bonds. The van der Waals surface area contributed by atoms with Gasteiger partial charge in [0.1, 0.15) is 0 Å². The molecule has 0 unspecified atom stereocenters. The van der Waals surface area contributed by atoms with Crippen LogP contribution in [0.3, 0.4) is 0 Å². The highest BCUT2D eigenvalue weighted by Crippen LogP contribution is 2.10. The minimum atomic E-state index is -0.429. The SMILES string of the molecule is CCCCN(CC(N)=O)CC(=O)Nc1ccc(N)cc1. The molecule has 0 aliphatic heterocycles. The smallest absolute Gasteiger partial charge is 0.238 e. The van der Waals surface area contributed by atoms with Crippen LogP contribution in [0, 0.1) is 0 Å². The zero-order valence-corrected chi connectivity index (χ0v) is 11.8. The number of hydrogen-bond donors (Lipinski definition) is 3. The molecule has 0 aromatic heterocycles. The van der Waals surface area contributed by atoms with Crippen LogP contribution in [0.2, 0.25) is 0 Å². The number of amides is 2. The molecule has 0 heterocycles. The highest BCUT2D eigenvalue weighted by Gasteiger charge is 2.12. The van der Waals surface area contributed by atoms with Crippen LogP contribution in [-0.4, -0.2) is 36.3 Å². The number of nitrogens with one attached hydrogen (secondary N) is 1. The molecule has 0 aliphatic rings. The van der Waals surface area contributed by atoms with Crippen molar-refractivity contribution in [2.75, 3.05) is 30.7 Å². The molecule has 5 N–H and O–H groups in total. The Kier molecular flexibility index (Phi) is 6.52. The topological polar surface area (TPSA) is 101 Å². The first-order valence-corrected chi connectivity index (χ1v) is 6.67. The summed E-state index contributed by atoms with van der Waals surface area (Å²) in [7, 11) is 0. The van der Waals surface area contributed by atoms with E-state index in [1.54, 1.807) is 29.2 Å². The number of nitrogens with zero attached hydrogens (tertiary/aromatic N) is 1. The molecule has 0 saturated heterocycles. The van der Waals surface area contributed by atoms with E-state index < -0.39 is 5.91 Å². The lowest BCUT2D eigenvalue weighted by molar-refractivity contribution is -0.121. The average molecular weight is 278 g/mol. The van der Waals surface area contributed by atoms with Crippen molar-refractivity contribution in [3.8, 4) is 0 Å². The minimum Gasteiger partial charge on any atom is -0.399 e. The van der Waals surface area contributed by atoms with Crippen molar-refractivity contribution >= 4 is 23.2 Å². The molecule has 1 aromatic carbocycles. The summed E-state index contributed by atoms with van der Waals surface area (Å²) in [6.07, 6.45) is 1.91. The van der Waals surface area contributed by atoms with E-state index in [0.29, 0.717) is 17.9 Å². The van der Waals surface area contributed by atoms with Crippen LogP contribution in [0.25, 0.3) is 0 Å². The number of nitrogen functional groups attached to an aromatic ring is 1. The second-order valence-electron chi connectivity index (χ2n) is 4.70. The summed E-state index contributed by atoms with van der Waals surface area (Å²) in [6.45, 7) is 2.97. The van der Waals surface area contributed by atoms with Crippen LogP contribution in [0.1, 0.15) is 19.8 Å². The van der Waals surface area contributed by atoms with Crippen molar-refractivity contribution in [1.29, 1.82) is 0 Å². The standard InChI is InChI=1S/C14H22N4O2/c1-2-3-8-18(9-13(16)19)10-14(20)17-12-6-4-11(15)5-7-12/h4-7H,2-3,8-10,15H2,1H3,(H2,16,19)(H,17,20). The van der Waals surface area contributed by atoms with Crippen molar-refractivity contribution in [2.24, 2.45) is 5.73 Å². The van der Waals surface area contributed by atoms with Gasteiger partial charge in [-0.3, -0.25) is 14.5 Å². The lowest BCUT2D eigenvalue weighted by Crippen LogP contribution is -2.39. The quantitative estimate of drug-likeness (QED) is 0.612. The van der Waals surface area contributed by atoms with Crippen molar-refractivity contribution in [3.05, 3.63) is 24.3 Å². The normalized spacial score (nSPS) is 10.5. The molecule has 1 aromatic rings. The Morgan fingerprint density at radius 3 is 2.40 bits per heavy atom. The Morgan fingerprint density at radius 1 is 1.20 bits per heavy atom. The van der Waals surface area contributed by atoms with Gasteiger partial charge in [-0.2, -0.15) is 0 Å². The van der Waals surface area contributed by atoms with Gasteiger partial charge in [0.05, 0.1) is 13.1 Å². The van der Waals surface area contributed by atoms with Gasteiger partial charge in [-0.1, -0.05) is 13.3 Å². The van der Waals surface area contributed by atoms with E-state index in [0.717, 1.165) is 12.8 Å². The van der Waals surface area contributed by atoms with Crippen LogP contribution in [0.5, 0.6) is 0 Å². The summed E-state index contributed by atoms with van der Waals surface area (Å²) >= 11 is 0. The van der Waals surface area contributed by atoms with E-state index >= 15 is 0 Å². The first-order valence-electron chi connectivity index (χ1n) is 6.67. The van der Waals surface area contributed by atoms with Gasteiger partial charge in [0.15, 0.2) is 0 Å². The number of carbonyl (C=O) groups is 2. The van der Waals surface area contributed by atoms with Crippen molar-refractivity contribution < 1.29 is 9.59 Å². The summed E-state index contributed by atoms with van der Waals surface area (Å²) in [5.41, 5.74) is 12.1. The number of rotatable bonds is 8. The fraction of sp³-hybridized carbons (Fsp3) is 0.429. The Labute approximate surface area is 119 Å². The van der Waals surface area contributed by atoms with Crippen molar-refractivity contribution in [2.45, 2.75) is 19.8 Å². The zero-order valence-electron chi connectivity index (χ0n) is 11.8. The number of carbonyl (C=O) groups excluding carboxylic acids is 2. The molecule has 6 heteroatoms. The van der Waals surface area contributed by atoms with Gasteiger partial charge in [-0.25, -0.2) is 0 Å². The molecule has 20 heavy (non-hydrogen) atoms. The predicted octanol–water partition coefficient (Wildman–Crippen LogP) is 0.795. The molecule has 0 atom stereocenters. The molecule has 1 rings (SSSR count). The van der Waals surface area contributed by atoms with Gasteiger partial charge in [0.2, 0.25) is 11.8 Å². The lowest BCUT2D eigenvalue weighted by Gasteiger charge is -2.19. The van der Waals surface area contributed by atoms with E-state index in [1.807, 2.05) is 0 Å². The highest BCUT2D eigenvalue weighted by molar-refractivity contribution is 5.92. The summed E-state index contributed by atoms with van der Waals surface area (Å²) in [6, 6.07) is 6.90. The Hall–Kier alpha value is -2.08. The van der Waals surface area contributed by atoms with Crippen LogP contribution in [0.15, 0.2) is 24.3 Å². The molecule has 0 aliphatic carbocycles. The fourth-order valence-electron chi connectivity index (χ4n) is 1.79. The van der Waals surface area contributed by atoms with Crippen LogP contribution < -0.4 is 16.8 Å². The maximum Gasteiger partial charge on any atom is 0.238 e. The zero-order chi connectivity index (χ0) is 15.0. The molecule has 0 spiro atoms. The van der Waals surface area contributed by atoms with E-state index in [2.05, 4.69) is 12.2 Å². The molecule has 0 bridgehead atoms. The molecule has 6 nitrogen and oxygen atoms in total. The number of benzene rings is 1. The number of primary amides is 1. The minimum absolute atomic E-state index is 0.0924. The van der Waals surface area contributed by atoms with E-state index in [9.17, 15) is 9.59 Å². The van der Waals surface area contributed by atoms with Crippen LogP contribution in [-0.2, 0) is 9.59 Å². The molecule has 0 saturated carbocycles. The summed E-state index contributed by atoms with van der Waals surface area (Å²) in [5.74, 6) is -0.603. The first kappa shape index (κ1) is 16.0.